The van der Waals surface area contributed by atoms with Crippen molar-refractivity contribution in [1.82, 2.24) is 0 Å². The predicted molar refractivity (Wildman–Crippen MR) is 94.6 cm³/mol. The van der Waals surface area contributed by atoms with Crippen LogP contribution in [-0.4, -0.2) is 39.4 Å². The van der Waals surface area contributed by atoms with Crippen molar-refractivity contribution in [2.24, 2.45) is 0 Å². The van der Waals surface area contributed by atoms with Crippen LogP contribution in [0.1, 0.15) is 5.56 Å². The van der Waals surface area contributed by atoms with E-state index >= 15 is 0 Å². The molecule has 0 bridgehead atoms. The van der Waals surface area contributed by atoms with E-state index in [1.54, 1.807) is 6.92 Å². The Morgan fingerprint density at radius 1 is 0.964 bits per heavy atom. The molecule has 0 fully saturated rings. The maximum Gasteiger partial charge on any atom is 0.455 e. The van der Waals surface area contributed by atoms with Crippen LogP contribution in [0, 0.1) is 6.92 Å². The molecule has 0 saturated heterocycles. The molecule has 154 valence electrons. The second-order valence-electron chi connectivity index (χ2n) is 6.14. The van der Waals surface area contributed by atoms with Crippen molar-refractivity contribution in [3.8, 4) is 5.75 Å². The summed E-state index contributed by atoms with van der Waals surface area (Å²) >= 11 is 0. The van der Waals surface area contributed by atoms with E-state index in [1.807, 2.05) is 5.32 Å². The van der Waals surface area contributed by atoms with Crippen molar-refractivity contribution in [2.45, 2.75) is 30.0 Å². The molecule has 0 radical (unpaired) electrons. The van der Waals surface area contributed by atoms with Crippen molar-refractivity contribution in [1.29, 1.82) is 0 Å². The molecule has 0 saturated carbocycles. The van der Waals surface area contributed by atoms with Gasteiger partial charge in [0.1, 0.15) is 11.8 Å². The fraction of sp³-hybridized carbons (Fsp3) is 0.333. The van der Waals surface area contributed by atoms with Gasteiger partial charge in [-0.05, 0) is 43.3 Å². The van der Waals surface area contributed by atoms with Gasteiger partial charge in [0.2, 0.25) is 0 Å². The summed E-state index contributed by atoms with van der Waals surface area (Å²) in [6.07, 6.45) is -5.93. The number of benzene rings is 2. The van der Waals surface area contributed by atoms with Crippen LogP contribution in [0.3, 0.4) is 0 Å². The minimum absolute atomic E-state index is 0.103. The number of aryl methyl sites for hydroxylation is 1. The molecule has 0 heterocycles. The molecule has 0 aliphatic heterocycles. The van der Waals surface area contributed by atoms with E-state index in [1.165, 1.54) is 55.6 Å². The van der Waals surface area contributed by atoms with Crippen molar-refractivity contribution in [3.05, 3.63) is 54.1 Å². The first-order chi connectivity index (χ1) is 12.9. The number of hydrogen-bond acceptors (Lipinski definition) is 4. The van der Waals surface area contributed by atoms with E-state index in [0.717, 1.165) is 0 Å². The SMILES string of the molecule is COc1ccc(N[C@@H](CS(=O)(=O)c2ccc(C)cc2)C(F)(F)C(F)(F)F)cc1. The lowest BCUT2D eigenvalue weighted by atomic mass is 10.1. The van der Waals surface area contributed by atoms with Crippen molar-refractivity contribution in [3.63, 3.8) is 0 Å². The molecule has 0 aliphatic rings. The molecule has 2 aromatic carbocycles. The van der Waals surface area contributed by atoms with Gasteiger partial charge in [-0.15, -0.1) is 0 Å². The summed E-state index contributed by atoms with van der Waals surface area (Å²) in [5.74, 6) is -6.38. The van der Waals surface area contributed by atoms with Crippen molar-refractivity contribution < 1.29 is 35.1 Å². The third-order valence-electron chi connectivity index (χ3n) is 4.01. The number of anilines is 1. The minimum atomic E-state index is -5.93. The highest BCUT2D eigenvalue weighted by Gasteiger charge is 2.63. The molecule has 0 unspecified atom stereocenters. The smallest absolute Gasteiger partial charge is 0.455 e. The van der Waals surface area contributed by atoms with Gasteiger partial charge in [-0.3, -0.25) is 0 Å². The summed E-state index contributed by atoms with van der Waals surface area (Å²) in [6.45, 7) is 1.68. The number of alkyl halides is 5. The number of hydrogen-bond donors (Lipinski definition) is 1. The molecule has 1 N–H and O–H groups in total. The Bertz CT molecular complexity index is 894. The number of methoxy groups -OCH3 is 1. The highest BCUT2D eigenvalue weighted by atomic mass is 32.2. The Morgan fingerprint density at radius 2 is 1.50 bits per heavy atom. The second kappa shape index (κ2) is 7.94. The number of halogens is 5. The Labute approximate surface area is 159 Å². The summed E-state index contributed by atoms with van der Waals surface area (Å²) in [5.41, 5.74) is 0.612. The largest absolute Gasteiger partial charge is 0.497 e. The maximum absolute atomic E-state index is 14.1. The fourth-order valence-electron chi connectivity index (χ4n) is 2.38. The third kappa shape index (κ3) is 4.92. The topological polar surface area (TPSA) is 55.4 Å². The zero-order valence-corrected chi connectivity index (χ0v) is 15.7. The first kappa shape index (κ1) is 21.9. The van der Waals surface area contributed by atoms with Gasteiger partial charge in [0.15, 0.2) is 9.84 Å². The third-order valence-corrected chi connectivity index (χ3v) is 5.78. The van der Waals surface area contributed by atoms with E-state index < -0.39 is 33.7 Å². The van der Waals surface area contributed by atoms with Crippen LogP contribution >= 0.6 is 0 Å². The molecule has 0 aliphatic carbocycles. The van der Waals surface area contributed by atoms with Crippen LogP contribution in [0.25, 0.3) is 0 Å². The molecule has 2 rings (SSSR count). The molecular formula is C18H18F5NO3S. The minimum Gasteiger partial charge on any atom is -0.497 e. The average molecular weight is 423 g/mol. The van der Waals surface area contributed by atoms with Gasteiger partial charge < -0.3 is 10.1 Å². The normalized spacial score (nSPS) is 13.8. The molecule has 0 amide bonds. The standard InChI is InChI=1S/C18H18F5NO3S/c1-12-3-9-15(10-4-12)28(25,26)11-16(17(19,20)18(21,22)23)24-13-5-7-14(27-2)8-6-13/h3-10,16,24H,11H2,1-2H3/t16-/m0/s1. The zero-order valence-electron chi connectivity index (χ0n) is 14.9. The fourth-order valence-corrected chi connectivity index (χ4v) is 3.86. The van der Waals surface area contributed by atoms with Crippen molar-refractivity contribution in [2.75, 3.05) is 18.2 Å². The van der Waals surface area contributed by atoms with Gasteiger partial charge in [-0.1, -0.05) is 17.7 Å². The lowest BCUT2D eigenvalue weighted by Gasteiger charge is -2.30. The molecular weight excluding hydrogens is 405 g/mol. The summed E-state index contributed by atoms with van der Waals surface area (Å²) < 4.78 is 96.7. The number of rotatable bonds is 7. The number of ether oxygens (including phenoxy) is 1. The highest BCUT2D eigenvalue weighted by Crippen LogP contribution is 2.40. The quantitative estimate of drug-likeness (QED) is 0.669. The van der Waals surface area contributed by atoms with Gasteiger partial charge in [-0.2, -0.15) is 22.0 Å². The maximum atomic E-state index is 14.1. The van der Waals surface area contributed by atoms with E-state index in [-0.39, 0.29) is 10.6 Å². The Kier molecular flexibility index (Phi) is 6.22. The Morgan fingerprint density at radius 3 is 1.96 bits per heavy atom. The van der Waals surface area contributed by atoms with Crippen LogP contribution in [-0.2, 0) is 9.84 Å². The first-order valence-corrected chi connectivity index (χ1v) is 9.66. The van der Waals surface area contributed by atoms with E-state index in [9.17, 15) is 30.4 Å². The van der Waals surface area contributed by atoms with Gasteiger partial charge in [0.05, 0.1) is 17.8 Å². The molecule has 0 aromatic heterocycles. The zero-order chi connectivity index (χ0) is 21.2. The van der Waals surface area contributed by atoms with Crippen molar-refractivity contribution >= 4 is 15.5 Å². The van der Waals surface area contributed by atoms with Gasteiger partial charge >= 0.3 is 12.1 Å². The summed E-state index contributed by atoms with van der Waals surface area (Å²) in [4.78, 5) is -0.336. The summed E-state index contributed by atoms with van der Waals surface area (Å²) in [6, 6.07) is 7.60. The van der Waals surface area contributed by atoms with E-state index in [0.29, 0.717) is 11.3 Å². The molecule has 0 spiro atoms. The van der Waals surface area contributed by atoms with Crippen LogP contribution in [0.2, 0.25) is 0 Å². The van der Waals surface area contributed by atoms with Crippen LogP contribution < -0.4 is 10.1 Å². The van der Waals surface area contributed by atoms with Crippen LogP contribution in [0.5, 0.6) is 5.75 Å². The summed E-state index contributed by atoms with van der Waals surface area (Å²) in [7, 11) is -3.06. The lowest BCUT2D eigenvalue weighted by Crippen LogP contribution is -2.53. The van der Waals surface area contributed by atoms with E-state index in [4.69, 9.17) is 4.74 Å². The Hall–Kier alpha value is -2.36. The summed E-state index contributed by atoms with van der Waals surface area (Å²) in [5, 5.41) is 2.01. The van der Waals surface area contributed by atoms with Gasteiger partial charge in [0.25, 0.3) is 0 Å². The lowest BCUT2D eigenvalue weighted by molar-refractivity contribution is -0.285. The number of sulfone groups is 1. The Balaban J connectivity index is 2.38. The number of nitrogens with one attached hydrogen (secondary N) is 1. The molecule has 4 nitrogen and oxygen atoms in total. The molecule has 28 heavy (non-hydrogen) atoms. The van der Waals surface area contributed by atoms with Gasteiger partial charge in [0, 0.05) is 5.69 Å². The average Bonchev–Trinajstić information content (AvgIpc) is 2.61. The monoisotopic (exact) mass is 423 g/mol. The van der Waals surface area contributed by atoms with Crippen LogP contribution in [0.15, 0.2) is 53.4 Å². The van der Waals surface area contributed by atoms with Gasteiger partial charge in [-0.25, -0.2) is 8.42 Å². The molecule has 2 aromatic rings. The highest BCUT2D eigenvalue weighted by molar-refractivity contribution is 7.91. The van der Waals surface area contributed by atoms with E-state index in [2.05, 4.69) is 0 Å². The van der Waals surface area contributed by atoms with Crippen LogP contribution in [0.4, 0.5) is 27.6 Å². The first-order valence-electron chi connectivity index (χ1n) is 8.01. The second-order valence-corrected chi connectivity index (χ2v) is 8.17. The molecule has 10 heteroatoms. The molecule has 1 atom stereocenters. The predicted octanol–water partition coefficient (Wildman–Crippen LogP) is 4.46.